The minimum atomic E-state index is -3.68. The lowest BCUT2D eigenvalue weighted by molar-refractivity contribution is 0.111. The van der Waals surface area contributed by atoms with Crippen LogP contribution in [0.5, 0.6) is 5.75 Å². The molecule has 0 aliphatic rings. The molecule has 0 amide bonds. The first kappa shape index (κ1) is 90.0. The van der Waals surface area contributed by atoms with Gasteiger partial charge in [0.2, 0.25) is 50.1 Å². The Hall–Kier alpha value is -8.40. The van der Waals surface area contributed by atoms with Crippen LogP contribution < -0.4 is 28.9 Å². The minimum Gasteiger partial charge on any atom is -0.506 e. The highest BCUT2D eigenvalue weighted by Gasteiger charge is 2.23. The van der Waals surface area contributed by atoms with Crippen LogP contribution in [0.15, 0.2) is 134 Å². The number of para-hydroxylation sites is 2. The Labute approximate surface area is 624 Å². The van der Waals surface area contributed by atoms with Gasteiger partial charge in [-0.25, -0.2) is 86.0 Å². The summed E-state index contributed by atoms with van der Waals surface area (Å²) in [6.07, 6.45) is 5.04. The van der Waals surface area contributed by atoms with E-state index in [2.05, 4.69) is 61.3 Å². The molecule has 2 heterocycles. The monoisotopic (exact) mass is 1720 g/mol. The number of carbonyl (C=O) groups excluding carboxylic acids is 1. The molecule has 578 valence electrons. The average Bonchev–Trinajstić information content (AvgIpc) is 0.839. The number of hydrogen-bond acceptors (Lipinski definition) is 16. The second-order valence-corrected chi connectivity index (χ2v) is 32.5. The largest absolute Gasteiger partial charge is 0.506 e. The smallest absolute Gasteiger partial charge is 0.232 e. The lowest BCUT2D eigenvalue weighted by atomic mass is 10.1. The van der Waals surface area contributed by atoms with Crippen LogP contribution in [0.1, 0.15) is 99.3 Å². The van der Waals surface area contributed by atoms with Crippen molar-refractivity contribution in [3.63, 3.8) is 0 Å². The quantitative estimate of drug-likeness (QED) is 0.0135. The van der Waals surface area contributed by atoms with E-state index in [0.717, 1.165) is 88.0 Å². The third-order valence-corrected chi connectivity index (χ3v) is 22.2. The number of pyridine rings is 2. The molecule has 9 aromatic rings. The molecule has 21 nitrogen and oxygen atoms in total. The number of hydrogen-bond donors (Lipinski definition) is 8. The number of aromatic hydroxyl groups is 1. The van der Waals surface area contributed by atoms with Crippen molar-refractivity contribution in [3.05, 3.63) is 220 Å². The second kappa shape index (κ2) is 42.2. The summed E-state index contributed by atoms with van der Waals surface area (Å²) < 4.78 is 261. The molecule has 0 aliphatic heterocycles. The first-order chi connectivity index (χ1) is 49.9. The molecule has 0 aliphatic carbocycles. The molecule has 0 fully saturated rings. The van der Waals surface area contributed by atoms with Crippen LogP contribution in [0.4, 0.5) is 78.0 Å². The van der Waals surface area contributed by atoms with E-state index in [0.29, 0.717) is 32.1 Å². The summed E-state index contributed by atoms with van der Waals surface area (Å²) in [5.41, 5.74) is -1.18. The van der Waals surface area contributed by atoms with Crippen molar-refractivity contribution in [1.82, 2.24) is 9.97 Å². The van der Waals surface area contributed by atoms with Crippen molar-refractivity contribution in [2.24, 2.45) is 0 Å². The lowest BCUT2D eigenvalue weighted by Gasteiger charge is -2.13. The number of aliphatic hydroxyl groups excluding tert-OH is 1. The topological polar surface area (TPSA) is 326 Å². The SMILES string of the molecule is CCCS(=O)(=O)Nc1ccc(F)c(C=O)c1F.CCCS(=O)(=O)Nc1ccc(F)c(CBr)c1F.CCCS(=O)(=O)Nc1ccc(F)c(CBr)c1F.CCCS(=O)(=O)Nc1ccc(F)c(CO)c1F.CCCS(=O)(=O)Nc1ccc(F)c(NCc2cnc3ccccc3c2)c1F.Oc1cnc2ccccc2c1. The van der Waals surface area contributed by atoms with Gasteiger partial charge in [-0.3, -0.25) is 38.4 Å². The Morgan fingerprint density at radius 2 is 0.726 bits per heavy atom. The van der Waals surface area contributed by atoms with Crippen molar-refractivity contribution < 1.29 is 101 Å². The molecule has 0 bridgehead atoms. The maximum atomic E-state index is 14.6. The zero-order chi connectivity index (χ0) is 79.3. The standard InChI is InChI=1S/C19H19F2N3O2S.2C10H12BrF2NO2S.C10H13F2NO3S.C10H11F2NO3S.C9H7NO/c1-2-9-27(25,26)24-17-8-7-15(20)19(18(17)21)23-12-13-10-14-5-3-4-6-16(14)22-11-13;2*1-2-5-17(15,16)14-9-4-3-8(12)7(6-11)10(9)13;2*1-2-5-17(15,16)13-9-4-3-8(11)7(6-14)10(9)12;11-8-5-7-3-1-2-4-9(7)10-6-8/h3-8,10-11,23-24H,2,9,12H2,1H3;2*3-4,14H,2,5-6H2,1H3;3-4,13-14H,2,5-6H2,1H3;3-4,6,13H,2,5H2,1H3;1-6,11H. The third-order valence-electron chi connectivity index (χ3n) is 13.7. The number of fused-ring (bicyclic) bond motifs is 2. The molecule has 0 atom stereocenters. The van der Waals surface area contributed by atoms with Gasteiger partial charge in [0.05, 0.1) is 92.2 Å². The summed E-state index contributed by atoms with van der Waals surface area (Å²) in [5.74, 6) is -9.70. The zero-order valence-corrected chi connectivity index (χ0v) is 64.3. The van der Waals surface area contributed by atoms with E-state index in [1.807, 2.05) is 64.0 Å². The maximum Gasteiger partial charge on any atom is 0.232 e. The van der Waals surface area contributed by atoms with Crippen molar-refractivity contribution in [1.29, 1.82) is 0 Å². The van der Waals surface area contributed by atoms with Gasteiger partial charge in [0, 0.05) is 45.3 Å². The molecule has 38 heteroatoms. The molecule has 0 saturated heterocycles. The van der Waals surface area contributed by atoms with E-state index in [4.69, 9.17) is 10.2 Å². The highest BCUT2D eigenvalue weighted by atomic mass is 79.9. The van der Waals surface area contributed by atoms with Crippen LogP contribution in [0.3, 0.4) is 0 Å². The Morgan fingerprint density at radius 3 is 1.09 bits per heavy atom. The Kier molecular flexibility index (Phi) is 35.8. The Balaban J connectivity index is 0.000000274. The molecular weight excluding hydrogens is 1650 g/mol. The van der Waals surface area contributed by atoms with Crippen LogP contribution in [0, 0.1) is 58.2 Å². The number of aromatic nitrogens is 2. The van der Waals surface area contributed by atoms with E-state index in [1.54, 1.807) is 46.9 Å². The summed E-state index contributed by atoms with van der Waals surface area (Å²) in [6, 6.07) is 28.7. The number of carbonyl (C=O) groups is 1. The van der Waals surface area contributed by atoms with Gasteiger partial charge in [-0.1, -0.05) is 103 Å². The summed E-state index contributed by atoms with van der Waals surface area (Å²) in [7, 11) is -18.1. The van der Waals surface area contributed by atoms with Crippen molar-refractivity contribution in [2.45, 2.75) is 90.5 Å². The number of nitrogens with one attached hydrogen (secondary N) is 6. The van der Waals surface area contributed by atoms with Gasteiger partial charge >= 0.3 is 0 Å². The van der Waals surface area contributed by atoms with Crippen molar-refractivity contribution >= 4 is 144 Å². The van der Waals surface area contributed by atoms with Gasteiger partial charge in [0.25, 0.3) is 0 Å². The predicted octanol–water partition coefficient (Wildman–Crippen LogP) is 15.8. The number of sulfonamides is 5. The number of anilines is 6. The van der Waals surface area contributed by atoms with E-state index in [-0.39, 0.29) is 97.6 Å². The van der Waals surface area contributed by atoms with E-state index in [9.17, 15) is 90.8 Å². The van der Waals surface area contributed by atoms with Crippen LogP contribution in [-0.4, -0.2) is 97.3 Å². The number of aliphatic hydroxyl groups is 1. The number of aldehydes is 1. The van der Waals surface area contributed by atoms with Gasteiger partial charge in [-0.05, 0) is 123 Å². The average molecular weight is 1720 g/mol. The molecule has 106 heavy (non-hydrogen) atoms. The minimum absolute atomic E-state index is 0.00227. The molecule has 0 saturated carbocycles. The highest BCUT2D eigenvalue weighted by molar-refractivity contribution is 9.08. The fourth-order valence-corrected chi connectivity index (χ4v) is 15.6. The fraction of sp³-hybridized carbons (Fsp3) is 0.279. The number of nitrogens with zero attached hydrogens (tertiary/aromatic N) is 2. The van der Waals surface area contributed by atoms with Crippen molar-refractivity contribution in [2.75, 3.05) is 57.7 Å². The lowest BCUT2D eigenvalue weighted by Crippen LogP contribution is -2.17. The summed E-state index contributed by atoms with van der Waals surface area (Å²) in [4.78, 5) is 18.8. The molecule has 9 rings (SSSR count). The van der Waals surface area contributed by atoms with Crippen LogP contribution in [-0.2, 0) is 73.9 Å². The van der Waals surface area contributed by atoms with Gasteiger partial charge < -0.3 is 15.5 Å². The van der Waals surface area contributed by atoms with Crippen LogP contribution >= 0.6 is 31.9 Å². The number of alkyl halides is 2. The zero-order valence-electron chi connectivity index (χ0n) is 57.0. The molecule has 2 aromatic heterocycles. The number of benzene rings is 7. The molecular formula is C68H74Br2F10N8O13S5. The van der Waals surface area contributed by atoms with E-state index in [1.165, 1.54) is 6.20 Å². The second-order valence-electron chi connectivity index (χ2n) is 22.2. The molecule has 0 spiro atoms. The normalized spacial score (nSPS) is 11.3. The summed E-state index contributed by atoms with van der Waals surface area (Å²) >= 11 is 5.89. The highest BCUT2D eigenvalue weighted by Crippen LogP contribution is 2.30. The van der Waals surface area contributed by atoms with Gasteiger partial charge in [-0.2, -0.15) is 0 Å². The molecule has 0 unspecified atom stereocenters. The molecule has 0 radical (unpaired) electrons. The van der Waals surface area contributed by atoms with E-state index >= 15 is 0 Å². The van der Waals surface area contributed by atoms with Crippen LogP contribution in [0.25, 0.3) is 21.8 Å². The van der Waals surface area contributed by atoms with Gasteiger partial charge in [-0.15, -0.1) is 0 Å². The first-order valence-electron chi connectivity index (χ1n) is 31.6. The summed E-state index contributed by atoms with van der Waals surface area (Å²) in [6.45, 7) is 7.72. The first-order valence-corrected chi connectivity index (χ1v) is 42.1. The van der Waals surface area contributed by atoms with Gasteiger partial charge in [0.1, 0.15) is 40.5 Å². The Bertz CT molecular complexity index is 4870. The third kappa shape index (κ3) is 28.1. The number of halogens is 12. The van der Waals surface area contributed by atoms with Crippen molar-refractivity contribution in [3.8, 4) is 5.75 Å². The fourth-order valence-electron chi connectivity index (χ4n) is 8.87. The predicted molar refractivity (Wildman–Crippen MR) is 399 cm³/mol. The van der Waals surface area contributed by atoms with E-state index < -0.39 is 132 Å². The maximum absolute atomic E-state index is 14.6. The Morgan fingerprint density at radius 1 is 0.406 bits per heavy atom. The van der Waals surface area contributed by atoms with Gasteiger partial charge in [0.15, 0.2) is 35.4 Å². The molecule has 7 aromatic carbocycles. The summed E-state index contributed by atoms with van der Waals surface area (Å²) in [5, 5.41) is 22.4. The van der Waals surface area contributed by atoms with Crippen LogP contribution in [0.2, 0.25) is 0 Å². The molecule has 8 N–H and O–H groups in total. The number of rotatable bonds is 27.